The molecule has 0 aliphatic heterocycles. The number of aliphatic hydroxyl groups excluding tert-OH is 1. The van der Waals surface area contributed by atoms with Crippen LogP contribution in [0, 0.1) is 55.7 Å². The minimum Gasteiger partial charge on any atom is -0.481 e. The van der Waals surface area contributed by atoms with Gasteiger partial charge in [-0.05, 0) is 109 Å². The van der Waals surface area contributed by atoms with E-state index in [0.29, 0.717) is 11.8 Å². The topological polar surface area (TPSA) is 149 Å². The number of allylic oxidation sites excluding steroid dienone is 2. The summed E-state index contributed by atoms with van der Waals surface area (Å²) in [5.74, 6) is 0.768. The first-order valence-corrected chi connectivity index (χ1v) is 16.2. The first-order valence-electron chi connectivity index (χ1n) is 16.2. The van der Waals surface area contributed by atoms with Crippen LogP contribution in [0.3, 0.4) is 0 Å². The molecule has 8 nitrogen and oxygen atoms in total. The molecule has 5 aliphatic rings. The first-order chi connectivity index (χ1) is 19.2. The average Bonchev–Trinajstić information content (AvgIpc) is 2.86. The number of guanidine groups is 2. The van der Waals surface area contributed by atoms with Gasteiger partial charge in [0.2, 0.25) is 5.96 Å². The molecule has 0 radical (unpaired) electrons. The Hall–Kier alpha value is -2.09. The third-order valence-electron chi connectivity index (χ3n) is 13.7. The van der Waals surface area contributed by atoms with E-state index in [2.05, 4.69) is 59.5 Å². The lowest BCUT2D eigenvalue weighted by Crippen LogP contribution is -2.65. The molecule has 8 atom stereocenters. The van der Waals surface area contributed by atoms with Gasteiger partial charge in [-0.1, -0.05) is 60.1 Å². The standard InChI is InChI=1S/C30H48O3.C4H11N5/c1-25(2)14-16-30(24(32)33)17-15-28(6)19(20(30)18-25)8-9-22-27(5)12-11-23(31)26(3,4)21(27)10-13-29(22,28)7;1-9(2)4(7)8-3(5)6/h8,20-23,31H,9-18H2,1-7H3,(H,32,33);1-2H3,(H5,5,6,7,8)/t20-,21-,22+,23-,27-,28+,29+,30-;/m0./s1. The molecule has 0 bridgehead atoms. The second-order valence-electron chi connectivity index (χ2n) is 16.8. The zero-order valence-electron chi connectivity index (χ0n) is 27.8. The van der Waals surface area contributed by atoms with E-state index in [1.807, 2.05) is 0 Å². The van der Waals surface area contributed by atoms with Crippen LogP contribution in [-0.2, 0) is 4.79 Å². The number of aliphatic hydroxyl groups is 1. The molecule has 7 N–H and O–H groups in total. The molecule has 0 saturated heterocycles. The number of fused-ring (bicyclic) bond motifs is 7. The van der Waals surface area contributed by atoms with E-state index in [0.717, 1.165) is 51.4 Å². The summed E-state index contributed by atoms with van der Waals surface area (Å²) >= 11 is 0. The highest BCUT2D eigenvalue weighted by molar-refractivity contribution is 5.91. The summed E-state index contributed by atoms with van der Waals surface area (Å²) in [6.45, 7) is 16.9. The largest absolute Gasteiger partial charge is 0.481 e. The van der Waals surface area contributed by atoms with Crippen molar-refractivity contribution >= 4 is 17.9 Å². The molecule has 4 saturated carbocycles. The SMILES string of the molecule is CC1(C)CC[C@]2(C(=O)O)CC[C@]3(C)C(=CC[C@@H]4[C@@]5(C)CC[C@H](O)C(C)(C)[C@@H]5CC[C@]43C)[C@@H]2C1.CN(C)C(=N)N=C(N)N. The molecule has 5 rings (SSSR count). The number of nitrogens with zero attached hydrogens (tertiary/aromatic N) is 2. The van der Waals surface area contributed by atoms with Crippen LogP contribution in [0.15, 0.2) is 16.6 Å². The van der Waals surface area contributed by atoms with Crippen LogP contribution >= 0.6 is 0 Å². The van der Waals surface area contributed by atoms with Gasteiger partial charge < -0.3 is 26.6 Å². The maximum atomic E-state index is 12.8. The number of nitrogens with one attached hydrogen (secondary N) is 1. The van der Waals surface area contributed by atoms with Gasteiger partial charge in [-0.25, -0.2) is 0 Å². The molecule has 0 spiro atoms. The number of hydrogen-bond acceptors (Lipinski definition) is 3. The van der Waals surface area contributed by atoms with Gasteiger partial charge in [-0.3, -0.25) is 10.2 Å². The molecule has 0 aromatic heterocycles. The third-order valence-corrected chi connectivity index (χ3v) is 13.7. The number of hydrogen-bond donors (Lipinski definition) is 5. The van der Waals surface area contributed by atoms with Crippen LogP contribution in [0.1, 0.15) is 113 Å². The van der Waals surface area contributed by atoms with Gasteiger partial charge in [0.1, 0.15) is 0 Å². The highest BCUT2D eigenvalue weighted by Gasteiger charge is 2.69. The van der Waals surface area contributed by atoms with Crippen LogP contribution in [0.4, 0.5) is 0 Å². The van der Waals surface area contributed by atoms with Crippen molar-refractivity contribution in [2.45, 2.75) is 119 Å². The molecule has 4 fully saturated rings. The van der Waals surface area contributed by atoms with Gasteiger partial charge in [0.15, 0.2) is 5.96 Å². The fourth-order valence-corrected chi connectivity index (χ4v) is 10.8. The second-order valence-corrected chi connectivity index (χ2v) is 16.8. The van der Waals surface area contributed by atoms with Gasteiger partial charge in [0.05, 0.1) is 11.5 Å². The van der Waals surface area contributed by atoms with E-state index in [-0.39, 0.29) is 51.0 Å². The van der Waals surface area contributed by atoms with E-state index in [9.17, 15) is 15.0 Å². The monoisotopic (exact) mass is 585 g/mol. The lowest BCUT2D eigenvalue weighted by Gasteiger charge is -2.71. The van der Waals surface area contributed by atoms with Crippen LogP contribution in [0.2, 0.25) is 0 Å². The van der Waals surface area contributed by atoms with Crippen molar-refractivity contribution in [1.29, 1.82) is 5.41 Å². The fourth-order valence-electron chi connectivity index (χ4n) is 10.8. The van der Waals surface area contributed by atoms with Gasteiger partial charge in [0.25, 0.3) is 0 Å². The van der Waals surface area contributed by atoms with Gasteiger partial charge in [0, 0.05) is 14.1 Å². The smallest absolute Gasteiger partial charge is 0.310 e. The number of nitrogens with two attached hydrogens (primary N) is 2. The summed E-state index contributed by atoms with van der Waals surface area (Å²) in [5.41, 5.74) is 11.7. The normalized spacial score (nSPS) is 43.0. The molecule has 0 unspecified atom stereocenters. The molecular formula is C34H59N5O3. The van der Waals surface area contributed by atoms with Crippen molar-refractivity contribution in [2.75, 3.05) is 14.1 Å². The maximum Gasteiger partial charge on any atom is 0.310 e. The molecule has 0 amide bonds. The van der Waals surface area contributed by atoms with Gasteiger partial charge in [-0.2, -0.15) is 4.99 Å². The summed E-state index contributed by atoms with van der Waals surface area (Å²) in [7, 11) is 3.38. The van der Waals surface area contributed by atoms with E-state index in [1.54, 1.807) is 14.1 Å². The minimum atomic E-state index is -0.553. The third kappa shape index (κ3) is 4.88. The quantitative estimate of drug-likeness (QED) is 0.145. The maximum absolute atomic E-state index is 12.8. The van der Waals surface area contributed by atoms with E-state index >= 15 is 0 Å². The van der Waals surface area contributed by atoms with Crippen molar-refractivity contribution in [3.05, 3.63) is 11.6 Å². The number of carbonyl (C=O) groups is 1. The van der Waals surface area contributed by atoms with Crippen LogP contribution in [0.25, 0.3) is 0 Å². The number of carboxylic acids is 1. The molecule has 238 valence electrons. The zero-order chi connectivity index (χ0) is 31.7. The molecule has 0 aromatic rings. The van der Waals surface area contributed by atoms with E-state index in [4.69, 9.17) is 16.9 Å². The fraction of sp³-hybridized carbons (Fsp3) is 0.853. The molecule has 0 heterocycles. The molecular weight excluding hydrogens is 526 g/mol. The van der Waals surface area contributed by atoms with Crippen molar-refractivity contribution in [1.82, 2.24) is 4.90 Å². The summed E-state index contributed by atoms with van der Waals surface area (Å²) in [6.07, 6.45) is 12.6. The predicted octanol–water partition coefficient (Wildman–Crippen LogP) is 5.99. The Morgan fingerprint density at radius 1 is 0.952 bits per heavy atom. The van der Waals surface area contributed by atoms with Crippen molar-refractivity contribution in [3.8, 4) is 0 Å². The molecule has 0 aromatic carbocycles. The molecule has 5 aliphatic carbocycles. The number of rotatable bonds is 1. The highest BCUT2D eigenvalue weighted by Crippen LogP contribution is 2.75. The predicted molar refractivity (Wildman–Crippen MR) is 170 cm³/mol. The lowest BCUT2D eigenvalue weighted by atomic mass is 9.33. The van der Waals surface area contributed by atoms with Crippen molar-refractivity contribution < 1.29 is 15.0 Å². The van der Waals surface area contributed by atoms with Gasteiger partial charge >= 0.3 is 5.97 Å². The van der Waals surface area contributed by atoms with Crippen LogP contribution in [-0.4, -0.2) is 53.2 Å². The summed E-state index contributed by atoms with van der Waals surface area (Å²) in [6, 6.07) is 0. The Labute approximate surface area is 254 Å². The second kappa shape index (κ2) is 10.5. The van der Waals surface area contributed by atoms with Crippen LogP contribution in [0.5, 0.6) is 0 Å². The minimum absolute atomic E-state index is 0.0301. The van der Waals surface area contributed by atoms with Crippen molar-refractivity contribution in [3.63, 3.8) is 0 Å². The summed E-state index contributed by atoms with van der Waals surface area (Å²) in [5, 5.41) is 28.4. The van der Waals surface area contributed by atoms with Crippen LogP contribution < -0.4 is 11.5 Å². The average molecular weight is 586 g/mol. The number of aliphatic imine (C=N–C) groups is 1. The number of aliphatic carboxylic acids is 1. The Morgan fingerprint density at radius 3 is 2.12 bits per heavy atom. The Morgan fingerprint density at radius 2 is 1.57 bits per heavy atom. The Balaban J connectivity index is 0.000000392. The first kappa shape index (κ1) is 32.8. The highest BCUT2D eigenvalue weighted by atomic mass is 16.4. The Bertz CT molecular complexity index is 1160. The van der Waals surface area contributed by atoms with Gasteiger partial charge in [-0.15, -0.1) is 0 Å². The molecule has 42 heavy (non-hydrogen) atoms. The lowest BCUT2D eigenvalue weighted by molar-refractivity contribution is -0.205. The summed E-state index contributed by atoms with van der Waals surface area (Å²) < 4.78 is 0. The van der Waals surface area contributed by atoms with Crippen molar-refractivity contribution in [2.24, 2.45) is 66.7 Å². The van der Waals surface area contributed by atoms with E-state index in [1.165, 1.54) is 23.3 Å². The summed E-state index contributed by atoms with van der Waals surface area (Å²) in [4.78, 5) is 17.7. The van der Waals surface area contributed by atoms with E-state index < -0.39 is 11.4 Å². The number of carboxylic acid groups (broad SMARTS) is 1. The molecule has 8 heteroatoms. The zero-order valence-corrected chi connectivity index (χ0v) is 27.8. The Kier molecular flexibility index (Phi) is 8.22.